The first-order valence-electron chi connectivity index (χ1n) is 9.05. The lowest BCUT2D eigenvalue weighted by atomic mass is 10.0. The topological polar surface area (TPSA) is 91.0 Å². The molecular weight excluding hydrogens is 358 g/mol. The third kappa shape index (κ3) is 2.78. The summed E-state index contributed by atoms with van der Waals surface area (Å²) in [5.41, 5.74) is 5.49. The maximum Gasteiger partial charge on any atom is 0.219 e. The number of nitrogens with one attached hydrogen (secondary N) is 1. The van der Waals surface area contributed by atoms with Gasteiger partial charge in [0.2, 0.25) is 5.88 Å². The number of rotatable bonds is 0. The Morgan fingerprint density at radius 2 is 2.11 bits per heavy atom. The van der Waals surface area contributed by atoms with Crippen molar-refractivity contribution in [1.82, 2.24) is 25.1 Å². The Balaban J connectivity index is 1.66. The fourth-order valence-electron chi connectivity index (χ4n) is 3.39. The quantitative estimate of drug-likeness (QED) is 0.505. The lowest BCUT2D eigenvalue weighted by Gasteiger charge is -2.09. The monoisotopic (exact) mass is 377 g/mol. The summed E-state index contributed by atoms with van der Waals surface area (Å²) >= 11 is 0. The molecule has 3 aromatic heterocycles. The Kier molecular flexibility index (Phi) is 3.98. The lowest BCUT2D eigenvalue weighted by Crippen LogP contribution is -2.09. The predicted octanol–water partition coefficient (Wildman–Crippen LogP) is 3.34. The van der Waals surface area contributed by atoms with Crippen molar-refractivity contribution >= 4 is 23.1 Å². The molecule has 0 aliphatic carbocycles. The molecule has 1 N–H and O–H groups in total. The van der Waals surface area contributed by atoms with Crippen molar-refractivity contribution < 1.29 is 14.0 Å². The van der Waals surface area contributed by atoms with Gasteiger partial charge in [-0.05, 0) is 36.8 Å². The van der Waals surface area contributed by atoms with Crippen LogP contribution in [0.1, 0.15) is 22.7 Å². The van der Waals surface area contributed by atoms with E-state index in [9.17, 15) is 0 Å². The number of H-pyrrole nitrogens is 1. The number of fused-ring (bicyclic) bond motifs is 4. The highest BCUT2D eigenvalue weighted by atomic mass is 16.5. The van der Waals surface area contributed by atoms with Crippen molar-refractivity contribution in [3.63, 3.8) is 0 Å². The van der Waals surface area contributed by atoms with Crippen LogP contribution in [-0.4, -0.2) is 38.3 Å². The smallest absolute Gasteiger partial charge is 0.219 e. The summed E-state index contributed by atoms with van der Waals surface area (Å²) in [6.45, 7) is 3.07. The molecule has 0 saturated carbocycles. The van der Waals surface area contributed by atoms with Crippen LogP contribution in [0.2, 0.25) is 0 Å². The molecule has 28 heavy (non-hydrogen) atoms. The van der Waals surface area contributed by atoms with Gasteiger partial charge in [-0.25, -0.2) is 4.68 Å². The van der Waals surface area contributed by atoms with Crippen molar-refractivity contribution in [1.29, 1.82) is 0 Å². The Hall–Kier alpha value is -3.39. The lowest BCUT2D eigenvalue weighted by molar-refractivity contribution is 0.0724. The first kappa shape index (κ1) is 16.8. The first-order chi connectivity index (χ1) is 13.7. The number of benzene rings is 1. The van der Waals surface area contributed by atoms with Crippen LogP contribution in [0.25, 0.3) is 34.2 Å². The van der Waals surface area contributed by atoms with Gasteiger partial charge in [-0.1, -0.05) is 11.2 Å². The number of aryl methyl sites for hydroxylation is 2. The summed E-state index contributed by atoms with van der Waals surface area (Å²) < 4.78 is 18.8. The molecule has 1 aliphatic heterocycles. The van der Waals surface area contributed by atoms with Gasteiger partial charge in [0, 0.05) is 18.0 Å². The molecule has 0 unspecified atom stereocenters. The van der Waals surface area contributed by atoms with Crippen molar-refractivity contribution in [2.75, 3.05) is 13.2 Å². The molecule has 4 heterocycles. The summed E-state index contributed by atoms with van der Waals surface area (Å²) in [6.07, 6.45) is 5.78. The van der Waals surface area contributed by atoms with Crippen LogP contribution in [0.4, 0.5) is 0 Å². The molecule has 0 radical (unpaired) electrons. The molecule has 5 rings (SSSR count). The molecule has 8 nitrogen and oxygen atoms in total. The second-order valence-electron chi connectivity index (χ2n) is 6.70. The van der Waals surface area contributed by atoms with E-state index in [1.54, 1.807) is 4.68 Å². The molecule has 4 aromatic rings. The van der Waals surface area contributed by atoms with Gasteiger partial charge >= 0.3 is 0 Å². The minimum Gasteiger partial charge on any atom is -0.475 e. The van der Waals surface area contributed by atoms with Gasteiger partial charge in [0.25, 0.3) is 0 Å². The van der Waals surface area contributed by atoms with E-state index in [4.69, 9.17) is 14.0 Å². The predicted molar refractivity (Wildman–Crippen MR) is 104 cm³/mol. The molecule has 1 aromatic carbocycles. The van der Waals surface area contributed by atoms with Crippen LogP contribution in [0.3, 0.4) is 0 Å². The number of hydrogen-bond acceptors (Lipinski definition) is 6. The minimum atomic E-state index is 0.328. The maximum absolute atomic E-state index is 5.97. The SMILES string of the molecule is Cc1noc2c1/C=C/c1[nH]nc3ccc(cc13)-c1cnn(C)c1OCCOC2. The Bertz CT molecular complexity index is 1180. The molecule has 0 spiro atoms. The normalized spacial score (nSPS) is 15.5. The minimum absolute atomic E-state index is 0.328. The van der Waals surface area contributed by atoms with E-state index in [1.165, 1.54) is 0 Å². The van der Waals surface area contributed by atoms with Gasteiger partial charge in [0.15, 0.2) is 5.76 Å². The highest BCUT2D eigenvalue weighted by Crippen LogP contribution is 2.32. The van der Waals surface area contributed by atoms with Crippen molar-refractivity contribution in [3.05, 3.63) is 47.1 Å². The molecule has 2 bridgehead atoms. The van der Waals surface area contributed by atoms with Crippen LogP contribution in [0, 0.1) is 6.92 Å². The van der Waals surface area contributed by atoms with Crippen LogP contribution in [0.15, 0.2) is 28.9 Å². The van der Waals surface area contributed by atoms with E-state index < -0.39 is 0 Å². The second-order valence-corrected chi connectivity index (χ2v) is 6.70. The summed E-state index contributed by atoms with van der Waals surface area (Å²) in [4.78, 5) is 0. The van der Waals surface area contributed by atoms with Gasteiger partial charge in [-0.2, -0.15) is 10.2 Å². The van der Waals surface area contributed by atoms with Gasteiger partial charge in [0.05, 0.1) is 35.3 Å². The number of aromatic amines is 1. The van der Waals surface area contributed by atoms with E-state index >= 15 is 0 Å². The Morgan fingerprint density at radius 1 is 1.18 bits per heavy atom. The highest BCUT2D eigenvalue weighted by molar-refractivity contribution is 5.93. The first-order valence-corrected chi connectivity index (χ1v) is 9.05. The third-order valence-electron chi connectivity index (χ3n) is 4.88. The molecule has 0 fully saturated rings. The molecule has 0 atom stereocenters. The largest absolute Gasteiger partial charge is 0.475 e. The summed E-state index contributed by atoms with van der Waals surface area (Å²) in [5, 5.41) is 16.9. The number of ether oxygens (including phenoxy) is 2. The van der Waals surface area contributed by atoms with Crippen LogP contribution >= 0.6 is 0 Å². The van der Waals surface area contributed by atoms with E-state index in [-0.39, 0.29) is 0 Å². The van der Waals surface area contributed by atoms with Crippen molar-refractivity contribution in [2.24, 2.45) is 7.05 Å². The highest BCUT2D eigenvalue weighted by Gasteiger charge is 2.16. The zero-order chi connectivity index (χ0) is 19.1. The van der Waals surface area contributed by atoms with Gasteiger partial charge in [-0.3, -0.25) is 5.10 Å². The molecule has 142 valence electrons. The van der Waals surface area contributed by atoms with Gasteiger partial charge < -0.3 is 14.0 Å². The van der Waals surface area contributed by atoms with E-state index in [0.717, 1.165) is 39.0 Å². The molecule has 8 heteroatoms. The standard InChI is InChI=1S/C20H19N5O3/c1-12-14-4-6-18-15-9-13(3-5-17(15)22-23-18)16-10-21-25(2)20(16)27-8-7-26-11-19(14)28-24-12/h3-6,9-10H,7-8,11H2,1-2H3,(H,22,23)/b6-4+. The average Bonchev–Trinajstić information content (AvgIpc) is 3.37. The van der Waals surface area contributed by atoms with Gasteiger partial charge in [-0.15, -0.1) is 0 Å². The Morgan fingerprint density at radius 3 is 3.04 bits per heavy atom. The number of hydrogen-bond donors (Lipinski definition) is 1. The third-order valence-corrected chi connectivity index (χ3v) is 4.88. The summed E-state index contributed by atoms with van der Waals surface area (Å²) in [7, 11) is 1.86. The Labute approximate surface area is 160 Å². The second kappa shape index (κ2) is 6.65. The zero-order valence-corrected chi connectivity index (χ0v) is 15.6. The molecule has 1 aliphatic rings. The molecule has 0 saturated heterocycles. The fourth-order valence-corrected chi connectivity index (χ4v) is 3.39. The van der Waals surface area contributed by atoms with E-state index in [1.807, 2.05) is 44.5 Å². The fraction of sp³-hybridized carbons (Fsp3) is 0.250. The number of aromatic nitrogens is 5. The maximum atomic E-state index is 5.97. The molecule has 0 amide bonds. The van der Waals surface area contributed by atoms with Crippen LogP contribution in [0.5, 0.6) is 5.88 Å². The summed E-state index contributed by atoms with van der Waals surface area (Å²) in [6, 6.07) is 6.11. The van der Waals surface area contributed by atoms with E-state index in [0.29, 0.717) is 31.5 Å². The van der Waals surface area contributed by atoms with Crippen LogP contribution in [-0.2, 0) is 18.4 Å². The van der Waals surface area contributed by atoms with E-state index in [2.05, 4.69) is 26.5 Å². The average molecular weight is 377 g/mol. The molecular formula is C20H19N5O3. The number of nitrogens with zero attached hydrogens (tertiary/aromatic N) is 4. The van der Waals surface area contributed by atoms with Crippen LogP contribution < -0.4 is 4.74 Å². The zero-order valence-electron chi connectivity index (χ0n) is 15.6. The van der Waals surface area contributed by atoms with Crippen molar-refractivity contribution in [2.45, 2.75) is 13.5 Å². The summed E-state index contributed by atoms with van der Waals surface area (Å²) in [5.74, 6) is 1.39. The van der Waals surface area contributed by atoms with Crippen molar-refractivity contribution in [3.8, 4) is 17.0 Å². The van der Waals surface area contributed by atoms with Gasteiger partial charge in [0.1, 0.15) is 13.2 Å².